The van der Waals surface area contributed by atoms with E-state index in [1.54, 1.807) is 19.1 Å². The van der Waals surface area contributed by atoms with Gasteiger partial charge in [0.15, 0.2) is 0 Å². The second-order valence-corrected chi connectivity index (χ2v) is 9.41. The maximum Gasteiger partial charge on any atom is 0.386 e. The summed E-state index contributed by atoms with van der Waals surface area (Å²) in [6.45, 7) is 3.00. The molecule has 33 heavy (non-hydrogen) atoms. The molecule has 1 aliphatic carbocycles. The minimum atomic E-state index is -4.00. The fraction of sp³-hybridized carbons (Fsp3) is 0.320. The van der Waals surface area contributed by atoms with Crippen LogP contribution in [0.4, 0.5) is 18.9 Å². The molecule has 4 rings (SSSR count). The highest BCUT2D eigenvalue weighted by atomic mass is 32.2. The summed E-state index contributed by atoms with van der Waals surface area (Å²) in [5, 5.41) is 0. The summed E-state index contributed by atoms with van der Waals surface area (Å²) in [6, 6.07) is 20.4. The third-order valence-corrected chi connectivity index (χ3v) is 6.04. The van der Waals surface area contributed by atoms with Gasteiger partial charge >= 0.3 is 6.18 Å². The molecular weight excluding hydrogens is 449 g/mol. The van der Waals surface area contributed by atoms with Crippen molar-refractivity contribution in [1.82, 2.24) is 4.98 Å². The van der Waals surface area contributed by atoms with E-state index >= 15 is 0 Å². The van der Waals surface area contributed by atoms with Crippen molar-refractivity contribution in [3.8, 4) is 22.8 Å². The monoisotopic (exact) mass is 476 g/mol. The van der Waals surface area contributed by atoms with Crippen molar-refractivity contribution in [3.05, 3.63) is 72.4 Å². The lowest BCUT2D eigenvalue weighted by molar-refractivity contribution is -0.110. The Labute approximate surface area is 196 Å². The minimum absolute atomic E-state index is 0.188. The van der Waals surface area contributed by atoms with E-state index in [4.69, 9.17) is 9.47 Å². The summed E-state index contributed by atoms with van der Waals surface area (Å²) in [4.78, 5) is 4.48. The predicted octanol–water partition coefficient (Wildman–Crippen LogP) is 7.52. The SMILES string of the molecule is CC(F)(F)F.COc1ncc(-c2cccc(OCc3ccccc3)c2)cc1NSC1(C)CC1. The number of nitrogens with zero attached hydrogens (tertiary/aromatic N) is 1. The quantitative estimate of drug-likeness (QED) is 0.341. The molecule has 4 nitrogen and oxygen atoms in total. The maximum absolute atomic E-state index is 10.4. The average molecular weight is 477 g/mol. The van der Waals surface area contributed by atoms with E-state index in [0.29, 0.717) is 17.2 Å². The summed E-state index contributed by atoms with van der Waals surface area (Å²) >= 11 is 1.75. The number of halogens is 3. The van der Waals surface area contributed by atoms with Gasteiger partial charge in [-0.15, -0.1) is 0 Å². The zero-order valence-electron chi connectivity index (χ0n) is 18.8. The minimum Gasteiger partial charge on any atom is -0.489 e. The molecule has 0 unspecified atom stereocenters. The number of methoxy groups -OCH3 is 1. The highest BCUT2D eigenvalue weighted by molar-refractivity contribution is 8.02. The van der Waals surface area contributed by atoms with Crippen LogP contribution >= 0.6 is 11.9 Å². The van der Waals surface area contributed by atoms with Gasteiger partial charge in [0.2, 0.25) is 5.88 Å². The van der Waals surface area contributed by atoms with E-state index in [9.17, 15) is 13.2 Å². The highest BCUT2D eigenvalue weighted by Gasteiger charge is 2.38. The number of pyridine rings is 1. The molecule has 1 aromatic heterocycles. The van der Waals surface area contributed by atoms with Crippen LogP contribution in [0.1, 0.15) is 32.3 Å². The number of nitrogens with one attached hydrogen (secondary N) is 1. The number of rotatable bonds is 8. The fourth-order valence-corrected chi connectivity index (χ4v) is 3.62. The first-order chi connectivity index (χ1) is 15.6. The molecule has 0 aliphatic heterocycles. The Bertz CT molecular complexity index is 1040. The van der Waals surface area contributed by atoms with Crippen LogP contribution in [0.3, 0.4) is 0 Å². The zero-order chi connectivity index (χ0) is 23.9. The molecule has 0 amide bonds. The maximum atomic E-state index is 10.4. The Kier molecular flexibility index (Phi) is 8.13. The van der Waals surface area contributed by atoms with Crippen molar-refractivity contribution in [2.24, 2.45) is 0 Å². The van der Waals surface area contributed by atoms with Gasteiger partial charge in [-0.2, -0.15) is 13.2 Å². The van der Waals surface area contributed by atoms with Gasteiger partial charge in [0, 0.05) is 23.4 Å². The third kappa shape index (κ3) is 8.53. The summed E-state index contributed by atoms with van der Waals surface area (Å²) < 4.78 is 46.2. The summed E-state index contributed by atoms with van der Waals surface area (Å²) in [7, 11) is 1.65. The van der Waals surface area contributed by atoms with Crippen molar-refractivity contribution in [2.75, 3.05) is 11.8 Å². The van der Waals surface area contributed by atoms with Crippen LogP contribution in [0, 0.1) is 0 Å². The molecule has 1 N–H and O–H groups in total. The fourth-order valence-electron chi connectivity index (χ4n) is 2.81. The van der Waals surface area contributed by atoms with E-state index in [1.807, 2.05) is 42.6 Å². The van der Waals surface area contributed by atoms with Crippen molar-refractivity contribution in [3.63, 3.8) is 0 Å². The molecule has 0 radical (unpaired) electrons. The third-order valence-electron chi connectivity index (χ3n) is 4.82. The van der Waals surface area contributed by atoms with Gasteiger partial charge in [0.1, 0.15) is 18.0 Å². The molecule has 0 spiro atoms. The number of hydrogen-bond acceptors (Lipinski definition) is 5. The van der Waals surface area contributed by atoms with Crippen molar-refractivity contribution in [1.29, 1.82) is 0 Å². The first kappa shape index (κ1) is 24.8. The van der Waals surface area contributed by atoms with Gasteiger partial charge in [-0.3, -0.25) is 0 Å². The predicted molar refractivity (Wildman–Crippen MR) is 128 cm³/mol. The smallest absolute Gasteiger partial charge is 0.386 e. The van der Waals surface area contributed by atoms with E-state index in [0.717, 1.165) is 28.1 Å². The molecule has 0 atom stereocenters. The lowest BCUT2D eigenvalue weighted by Gasteiger charge is -2.14. The molecule has 8 heteroatoms. The van der Waals surface area contributed by atoms with Crippen LogP contribution in [0.2, 0.25) is 0 Å². The lowest BCUT2D eigenvalue weighted by Crippen LogP contribution is -2.02. The Morgan fingerprint density at radius 1 is 1.03 bits per heavy atom. The number of aromatic nitrogens is 1. The number of anilines is 1. The Balaban J connectivity index is 0.000000555. The second kappa shape index (κ2) is 10.8. The van der Waals surface area contributed by atoms with Crippen LogP contribution in [-0.2, 0) is 6.61 Å². The van der Waals surface area contributed by atoms with Gasteiger partial charge in [-0.1, -0.05) is 42.5 Å². The summed E-state index contributed by atoms with van der Waals surface area (Å²) in [5.41, 5.74) is 4.13. The van der Waals surface area contributed by atoms with Gasteiger partial charge in [-0.25, -0.2) is 4.98 Å². The Morgan fingerprint density at radius 3 is 2.36 bits per heavy atom. The second-order valence-electron chi connectivity index (χ2n) is 8.02. The molecule has 3 aromatic rings. The van der Waals surface area contributed by atoms with Gasteiger partial charge in [-0.05, 0) is 61.0 Å². The van der Waals surface area contributed by atoms with Crippen molar-refractivity contribution >= 4 is 17.6 Å². The van der Waals surface area contributed by atoms with Gasteiger partial charge in [0.25, 0.3) is 0 Å². The van der Waals surface area contributed by atoms with Gasteiger partial charge in [0.05, 0.1) is 7.11 Å². The Hall–Kier alpha value is -2.87. The number of benzene rings is 2. The molecule has 2 aromatic carbocycles. The molecule has 1 saturated carbocycles. The number of ether oxygens (including phenoxy) is 2. The molecule has 0 saturated heterocycles. The van der Waals surface area contributed by atoms with Crippen molar-refractivity contribution < 1.29 is 22.6 Å². The van der Waals surface area contributed by atoms with Crippen LogP contribution in [0.25, 0.3) is 11.1 Å². The largest absolute Gasteiger partial charge is 0.489 e. The van der Waals surface area contributed by atoms with Gasteiger partial charge < -0.3 is 14.2 Å². The topological polar surface area (TPSA) is 43.4 Å². The van der Waals surface area contributed by atoms with Crippen LogP contribution < -0.4 is 14.2 Å². The molecule has 176 valence electrons. The van der Waals surface area contributed by atoms with E-state index < -0.39 is 6.18 Å². The van der Waals surface area contributed by atoms with Crippen molar-refractivity contribution in [2.45, 2.75) is 44.2 Å². The summed E-state index contributed by atoms with van der Waals surface area (Å²) in [5.74, 6) is 1.45. The molecule has 0 bridgehead atoms. The molecule has 1 aliphatic rings. The standard InChI is InChI=1S/C23H24N2O2S.C2H3F3/c1-23(11-12-23)28-25-21-14-19(15-24-22(21)26-2)18-9-6-10-20(13-18)27-16-17-7-4-3-5-8-17;1-2(3,4)5/h3-10,13-15,25H,11-12,16H2,1-2H3;1H3. The number of hydrogen-bond donors (Lipinski definition) is 1. The average Bonchev–Trinajstić information content (AvgIpc) is 3.53. The molecule has 1 heterocycles. The lowest BCUT2D eigenvalue weighted by atomic mass is 10.1. The zero-order valence-corrected chi connectivity index (χ0v) is 19.6. The molecule has 1 fully saturated rings. The van der Waals surface area contributed by atoms with Crippen LogP contribution in [0.5, 0.6) is 11.6 Å². The molecular formula is C25H27F3N2O2S. The van der Waals surface area contributed by atoms with E-state index in [2.05, 4.69) is 40.9 Å². The van der Waals surface area contributed by atoms with E-state index in [1.165, 1.54) is 12.8 Å². The van der Waals surface area contributed by atoms with Crippen LogP contribution in [-0.4, -0.2) is 23.0 Å². The first-order valence-electron chi connectivity index (χ1n) is 10.5. The number of alkyl halides is 3. The summed E-state index contributed by atoms with van der Waals surface area (Å²) in [6.07, 6.45) is 0.311. The Morgan fingerprint density at radius 2 is 1.73 bits per heavy atom. The van der Waals surface area contributed by atoms with Crippen LogP contribution in [0.15, 0.2) is 66.9 Å². The first-order valence-corrected chi connectivity index (χ1v) is 11.3. The van der Waals surface area contributed by atoms with E-state index in [-0.39, 0.29) is 6.92 Å². The highest BCUT2D eigenvalue weighted by Crippen LogP contribution is 2.48. The normalized spacial score (nSPS) is 14.0.